The second kappa shape index (κ2) is 9.30. The summed E-state index contributed by atoms with van der Waals surface area (Å²) in [6, 6.07) is 2.90. The Labute approximate surface area is 149 Å². The summed E-state index contributed by atoms with van der Waals surface area (Å²) in [6.07, 6.45) is 0.491. The fraction of sp³-hybridized carbons (Fsp3) is 0.312. The van der Waals surface area contributed by atoms with Crippen LogP contribution in [0.1, 0.15) is 23.7 Å². The van der Waals surface area contributed by atoms with Crippen LogP contribution in [0, 0.1) is 0 Å². The Morgan fingerprint density at radius 2 is 1.88 bits per heavy atom. The van der Waals surface area contributed by atoms with E-state index in [9.17, 15) is 14.4 Å². The van der Waals surface area contributed by atoms with E-state index >= 15 is 0 Å². The van der Waals surface area contributed by atoms with E-state index in [1.54, 1.807) is 6.92 Å². The maximum Gasteiger partial charge on any atom is 0.325 e. The zero-order valence-electron chi connectivity index (χ0n) is 13.3. The summed E-state index contributed by atoms with van der Waals surface area (Å²) in [5.41, 5.74) is 0.625. The van der Waals surface area contributed by atoms with E-state index in [2.05, 4.69) is 16.6 Å². The van der Waals surface area contributed by atoms with Gasteiger partial charge in [0.15, 0.2) is 12.4 Å². The van der Waals surface area contributed by atoms with Crippen LogP contribution < -0.4 is 10.1 Å². The lowest BCUT2D eigenvalue weighted by Gasteiger charge is -2.12. The predicted molar refractivity (Wildman–Crippen MR) is 90.7 cm³/mol. The van der Waals surface area contributed by atoms with Crippen LogP contribution >= 0.6 is 23.2 Å². The van der Waals surface area contributed by atoms with Gasteiger partial charge in [-0.05, 0) is 24.1 Å². The first-order chi connectivity index (χ1) is 11.3. The van der Waals surface area contributed by atoms with Crippen molar-refractivity contribution < 1.29 is 23.9 Å². The van der Waals surface area contributed by atoms with Crippen LogP contribution in [0.15, 0.2) is 24.3 Å². The fourth-order valence-electron chi connectivity index (χ4n) is 1.61. The molecule has 1 amide bonds. The second-order valence-corrected chi connectivity index (χ2v) is 5.42. The lowest BCUT2D eigenvalue weighted by atomic mass is 10.0. The van der Waals surface area contributed by atoms with Gasteiger partial charge in [0.25, 0.3) is 5.91 Å². The third kappa shape index (κ3) is 5.25. The first-order valence-corrected chi connectivity index (χ1v) is 7.74. The average Bonchev–Trinajstić information content (AvgIpc) is 2.59. The minimum atomic E-state index is -0.580. The van der Waals surface area contributed by atoms with Gasteiger partial charge in [0.05, 0.1) is 12.1 Å². The van der Waals surface area contributed by atoms with E-state index in [0.717, 1.165) is 0 Å². The maximum absolute atomic E-state index is 12.1. The predicted octanol–water partition coefficient (Wildman–Crippen LogP) is 2.81. The molecule has 0 aromatic heterocycles. The molecule has 0 aliphatic carbocycles. The van der Waals surface area contributed by atoms with Crippen LogP contribution in [0.5, 0.6) is 5.75 Å². The highest BCUT2D eigenvalue weighted by atomic mass is 35.5. The van der Waals surface area contributed by atoms with E-state index in [4.69, 9.17) is 27.9 Å². The topological polar surface area (TPSA) is 81.7 Å². The fourth-order valence-corrected chi connectivity index (χ4v) is 2.07. The largest absolute Gasteiger partial charge is 0.482 e. The molecular weight excluding hydrogens is 357 g/mol. The molecule has 0 atom stereocenters. The van der Waals surface area contributed by atoms with Gasteiger partial charge < -0.3 is 14.8 Å². The van der Waals surface area contributed by atoms with Crippen molar-refractivity contribution in [2.24, 2.45) is 0 Å². The third-order valence-corrected chi connectivity index (χ3v) is 3.92. The van der Waals surface area contributed by atoms with Gasteiger partial charge in [-0.1, -0.05) is 36.7 Å². The number of allylic oxidation sites excluding steroid dienone is 1. The van der Waals surface area contributed by atoms with Gasteiger partial charge in [0.1, 0.15) is 17.3 Å². The molecule has 0 aliphatic rings. The Bertz CT molecular complexity index is 673. The average molecular weight is 374 g/mol. The number of methoxy groups -OCH3 is 1. The first kappa shape index (κ1) is 20.0. The molecule has 1 rings (SSSR count). The summed E-state index contributed by atoms with van der Waals surface area (Å²) in [5.74, 6) is -1.27. The Hall–Kier alpha value is -2.05. The van der Waals surface area contributed by atoms with Crippen molar-refractivity contribution in [1.29, 1.82) is 0 Å². The molecule has 0 saturated carbocycles. The minimum absolute atomic E-state index is 0.0205. The number of carbonyl (C=O) groups is 3. The molecule has 24 heavy (non-hydrogen) atoms. The quantitative estimate of drug-likeness (QED) is 0.430. The normalized spacial score (nSPS) is 10.0. The van der Waals surface area contributed by atoms with Gasteiger partial charge in [-0.25, -0.2) is 0 Å². The number of amides is 1. The number of hydrogen-bond donors (Lipinski definition) is 1. The monoisotopic (exact) mass is 373 g/mol. The molecule has 0 heterocycles. The molecule has 0 aliphatic heterocycles. The number of carbonyl (C=O) groups excluding carboxylic acids is 3. The van der Waals surface area contributed by atoms with Gasteiger partial charge in [-0.15, -0.1) is 0 Å². The summed E-state index contributed by atoms with van der Waals surface area (Å²) in [5, 5.41) is 2.36. The van der Waals surface area contributed by atoms with E-state index in [1.807, 2.05) is 0 Å². The van der Waals surface area contributed by atoms with E-state index in [-0.39, 0.29) is 40.3 Å². The van der Waals surface area contributed by atoms with Gasteiger partial charge in [-0.3, -0.25) is 14.4 Å². The number of Topliss-reactive ketones (excluding diaryl/α,β-unsaturated/α-hetero) is 1. The summed E-state index contributed by atoms with van der Waals surface area (Å²) < 4.78 is 9.64. The van der Waals surface area contributed by atoms with Crippen molar-refractivity contribution in [2.45, 2.75) is 13.3 Å². The van der Waals surface area contributed by atoms with Crippen molar-refractivity contribution >= 4 is 40.9 Å². The number of rotatable bonds is 8. The number of esters is 1. The second-order valence-electron chi connectivity index (χ2n) is 4.67. The Morgan fingerprint density at radius 1 is 1.21 bits per heavy atom. The molecule has 130 valence electrons. The standard InChI is InChI=1S/C16H17Cl2NO5/c1-4-9(2)16(22)10-5-6-11(15(18)14(10)17)24-8-12(20)19-7-13(21)23-3/h5-6H,2,4,7-8H2,1,3H3,(H,19,20). The van der Waals surface area contributed by atoms with Crippen molar-refractivity contribution in [3.05, 3.63) is 39.9 Å². The van der Waals surface area contributed by atoms with Crippen LogP contribution in [0.25, 0.3) is 0 Å². The van der Waals surface area contributed by atoms with Crippen LogP contribution in [-0.2, 0) is 14.3 Å². The zero-order chi connectivity index (χ0) is 18.3. The van der Waals surface area contributed by atoms with Crippen LogP contribution in [0.4, 0.5) is 0 Å². The molecule has 6 nitrogen and oxygen atoms in total. The van der Waals surface area contributed by atoms with E-state index in [1.165, 1.54) is 19.2 Å². The number of nitrogens with one attached hydrogen (secondary N) is 1. The van der Waals surface area contributed by atoms with Gasteiger partial charge in [0.2, 0.25) is 0 Å². The van der Waals surface area contributed by atoms with Crippen LogP contribution in [0.2, 0.25) is 10.0 Å². The van der Waals surface area contributed by atoms with Crippen LogP contribution in [-0.4, -0.2) is 37.9 Å². The van der Waals surface area contributed by atoms with E-state index in [0.29, 0.717) is 12.0 Å². The highest BCUT2D eigenvalue weighted by molar-refractivity contribution is 6.45. The molecule has 0 fully saturated rings. The summed E-state index contributed by atoms with van der Waals surface area (Å²) in [7, 11) is 1.21. The number of ketones is 1. The summed E-state index contributed by atoms with van der Waals surface area (Å²) in [6.45, 7) is 4.84. The highest BCUT2D eigenvalue weighted by Crippen LogP contribution is 2.35. The van der Waals surface area contributed by atoms with Crippen molar-refractivity contribution in [2.75, 3.05) is 20.3 Å². The molecule has 0 spiro atoms. The van der Waals surface area contributed by atoms with Gasteiger partial charge >= 0.3 is 5.97 Å². The third-order valence-electron chi connectivity index (χ3n) is 3.06. The first-order valence-electron chi connectivity index (χ1n) is 6.98. The Morgan fingerprint density at radius 3 is 2.46 bits per heavy atom. The summed E-state index contributed by atoms with van der Waals surface area (Å²) >= 11 is 12.2. The molecule has 1 aromatic carbocycles. The molecule has 0 saturated heterocycles. The molecule has 0 unspecified atom stereocenters. The van der Waals surface area contributed by atoms with Crippen molar-refractivity contribution in [1.82, 2.24) is 5.32 Å². The Kier molecular flexibility index (Phi) is 7.74. The molecule has 0 radical (unpaired) electrons. The SMILES string of the molecule is C=C(CC)C(=O)c1ccc(OCC(=O)NCC(=O)OC)c(Cl)c1Cl. The molecular formula is C16H17Cl2NO5. The molecule has 1 N–H and O–H groups in total. The van der Waals surface area contributed by atoms with Gasteiger partial charge in [0, 0.05) is 5.56 Å². The zero-order valence-corrected chi connectivity index (χ0v) is 14.8. The number of halogens is 2. The smallest absolute Gasteiger partial charge is 0.325 e. The Balaban J connectivity index is 2.76. The lowest BCUT2D eigenvalue weighted by molar-refractivity contribution is -0.141. The van der Waals surface area contributed by atoms with Gasteiger partial charge in [-0.2, -0.15) is 0 Å². The number of hydrogen-bond acceptors (Lipinski definition) is 5. The number of ether oxygens (including phenoxy) is 2. The van der Waals surface area contributed by atoms with Crippen molar-refractivity contribution in [3.8, 4) is 5.75 Å². The molecule has 0 bridgehead atoms. The highest BCUT2D eigenvalue weighted by Gasteiger charge is 2.18. The molecule has 8 heteroatoms. The van der Waals surface area contributed by atoms with E-state index < -0.39 is 11.9 Å². The maximum atomic E-state index is 12.1. The molecule has 1 aromatic rings. The van der Waals surface area contributed by atoms with Crippen molar-refractivity contribution in [3.63, 3.8) is 0 Å². The lowest BCUT2D eigenvalue weighted by Crippen LogP contribution is -2.33. The number of benzene rings is 1. The van der Waals surface area contributed by atoms with Crippen LogP contribution in [0.3, 0.4) is 0 Å². The summed E-state index contributed by atoms with van der Waals surface area (Å²) in [4.78, 5) is 34.6. The minimum Gasteiger partial charge on any atom is -0.482 e.